The van der Waals surface area contributed by atoms with E-state index in [0.717, 1.165) is 16.5 Å². The fourth-order valence-electron chi connectivity index (χ4n) is 2.12. The van der Waals surface area contributed by atoms with Crippen molar-refractivity contribution >= 4 is 34.4 Å². The van der Waals surface area contributed by atoms with Crippen LogP contribution in [0.25, 0.3) is 17.0 Å². The van der Waals surface area contributed by atoms with Crippen molar-refractivity contribution in [2.45, 2.75) is 6.92 Å². The van der Waals surface area contributed by atoms with Crippen molar-refractivity contribution in [2.75, 3.05) is 0 Å². The summed E-state index contributed by atoms with van der Waals surface area (Å²) in [6.07, 6.45) is 4.56. The number of pyridine rings is 1. The number of carbonyl (C=O) groups is 1. The summed E-state index contributed by atoms with van der Waals surface area (Å²) >= 11 is 6.19. The zero-order chi connectivity index (χ0) is 14.8. The van der Waals surface area contributed by atoms with Crippen LogP contribution >= 0.6 is 11.6 Å². The van der Waals surface area contributed by atoms with Gasteiger partial charge in [0.15, 0.2) is 5.76 Å². The van der Waals surface area contributed by atoms with E-state index >= 15 is 0 Å². The van der Waals surface area contributed by atoms with E-state index in [1.807, 2.05) is 31.2 Å². The third kappa shape index (κ3) is 2.73. The number of furan rings is 1. The average Bonchev–Trinajstić information content (AvgIpc) is 3.00. The zero-order valence-electron chi connectivity index (χ0n) is 11.3. The van der Waals surface area contributed by atoms with E-state index in [9.17, 15) is 4.79 Å². The molecule has 0 aliphatic rings. The first-order chi connectivity index (χ1) is 10.1. The Morgan fingerprint density at radius 3 is 2.90 bits per heavy atom. The number of rotatable bonds is 3. The first-order valence-corrected chi connectivity index (χ1v) is 6.85. The minimum atomic E-state index is -0.208. The van der Waals surface area contributed by atoms with E-state index in [1.165, 1.54) is 12.3 Å². The number of hydrogen-bond acceptors (Lipinski definition) is 3. The van der Waals surface area contributed by atoms with Gasteiger partial charge in [-0.25, -0.2) is 4.98 Å². The fraction of sp³-hybridized carbons (Fsp3) is 0.0588. The number of fused-ring (bicyclic) bond motifs is 1. The van der Waals surface area contributed by atoms with Gasteiger partial charge >= 0.3 is 0 Å². The van der Waals surface area contributed by atoms with E-state index in [-0.39, 0.29) is 5.78 Å². The summed E-state index contributed by atoms with van der Waals surface area (Å²) in [4.78, 5) is 16.3. The number of ketones is 1. The molecule has 0 bridgehead atoms. The smallest absolute Gasteiger partial charge is 0.221 e. The van der Waals surface area contributed by atoms with Gasteiger partial charge in [0.1, 0.15) is 5.15 Å². The highest BCUT2D eigenvalue weighted by Crippen LogP contribution is 2.24. The third-order valence-corrected chi connectivity index (χ3v) is 3.51. The van der Waals surface area contributed by atoms with Crippen LogP contribution in [0.15, 0.2) is 53.2 Å². The molecule has 0 unspecified atom stereocenters. The molecule has 0 saturated heterocycles. The summed E-state index contributed by atoms with van der Waals surface area (Å²) in [5.74, 6) is 0.0902. The minimum Gasteiger partial charge on any atom is -0.461 e. The molecule has 0 amide bonds. The standard InChI is InChI=1S/C17H12ClNO2/c1-11-4-2-5-12-10-13(17(18)19-16(11)12)7-8-14(20)15-6-3-9-21-15/h2-10H,1H3/b8-7+. The fourth-order valence-corrected chi connectivity index (χ4v) is 2.33. The Labute approximate surface area is 126 Å². The number of carbonyl (C=O) groups excluding carboxylic acids is 1. The van der Waals surface area contributed by atoms with Crippen molar-refractivity contribution in [2.24, 2.45) is 0 Å². The maximum absolute atomic E-state index is 11.9. The van der Waals surface area contributed by atoms with Crippen LogP contribution in [0.1, 0.15) is 21.7 Å². The molecule has 21 heavy (non-hydrogen) atoms. The minimum absolute atomic E-state index is 0.208. The van der Waals surface area contributed by atoms with E-state index in [1.54, 1.807) is 18.2 Å². The Bertz CT molecular complexity index is 835. The molecule has 2 aromatic heterocycles. The summed E-state index contributed by atoms with van der Waals surface area (Å²) in [7, 11) is 0. The molecule has 3 rings (SSSR count). The highest BCUT2D eigenvalue weighted by molar-refractivity contribution is 6.31. The van der Waals surface area contributed by atoms with Gasteiger partial charge < -0.3 is 4.42 Å². The van der Waals surface area contributed by atoms with E-state index in [0.29, 0.717) is 16.5 Å². The second-order valence-corrected chi connectivity index (χ2v) is 5.05. The second-order valence-electron chi connectivity index (χ2n) is 4.69. The van der Waals surface area contributed by atoms with Gasteiger partial charge in [0, 0.05) is 10.9 Å². The second kappa shape index (κ2) is 5.54. The Hall–Kier alpha value is -2.39. The zero-order valence-corrected chi connectivity index (χ0v) is 12.1. The lowest BCUT2D eigenvalue weighted by molar-refractivity contribution is 0.102. The molecule has 3 aromatic rings. The van der Waals surface area contributed by atoms with Crippen LogP contribution in [-0.2, 0) is 0 Å². The van der Waals surface area contributed by atoms with Crippen LogP contribution < -0.4 is 0 Å². The van der Waals surface area contributed by atoms with Crippen molar-refractivity contribution in [1.82, 2.24) is 4.98 Å². The molecule has 0 aliphatic carbocycles. The van der Waals surface area contributed by atoms with Crippen LogP contribution in [0.3, 0.4) is 0 Å². The Balaban J connectivity index is 1.97. The predicted octanol–water partition coefficient (Wildman–Crippen LogP) is 4.69. The number of allylic oxidation sites excluding steroid dienone is 1. The van der Waals surface area contributed by atoms with E-state index < -0.39 is 0 Å². The highest BCUT2D eigenvalue weighted by Gasteiger charge is 2.07. The molecule has 104 valence electrons. The predicted molar refractivity (Wildman–Crippen MR) is 83.6 cm³/mol. The number of nitrogens with zero attached hydrogens (tertiary/aromatic N) is 1. The number of aryl methyl sites for hydroxylation is 1. The molecule has 0 radical (unpaired) electrons. The number of hydrogen-bond donors (Lipinski definition) is 0. The van der Waals surface area contributed by atoms with Crippen molar-refractivity contribution < 1.29 is 9.21 Å². The van der Waals surface area contributed by atoms with Gasteiger partial charge in [0.05, 0.1) is 11.8 Å². The van der Waals surface area contributed by atoms with Gasteiger partial charge in [-0.1, -0.05) is 29.8 Å². The quantitative estimate of drug-likeness (QED) is 0.400. The first kappa shape index (κ1) is 13.6. The number of para-hydroxylation sites is 1. The van der Waals surface area contributed by atoms with Crippen molar-refractivity contribution in [1.29, 1.82) is 0 Å². The summed E-state index contributed by atoms with van der Waals surface area (Å²) in [5.41, 5.74) is 2.64. The highest BCUT2D eigenvalue weighted by atomic mass is 35.5. The normalized spacial score (nSPS) is 11.3. The van der Waals surface area contributed by atoms with Gasteiger partial charge in [-0.3, -0.25) is 4.79 Å². The summed E-state index contributed by atoms with van der Waals surface area (Å²) < 4.78 is 5.05. The maximum Gasteiger partial charge on any atom is 0.221 e. The molecule has 0 saturated carbocycles. The molecule has 0 spiro atoms. The van der Waals surface area contributed by atoms with Crippen LogP contribution in [0.2, 0.25) is 5.15 Å². The molecular formula is C17H12ClNO2. The summed E-state index contributed by atoms with van der Waals surface area (Å²) in [6.45, 7) is 1.99. The lowest BCUT2D eigenvalue weighted by atomic mass is 10.1. The molecular weight excluding hydrogens is 286 g/mol. The molecule has 4 heteroatoms. The third-order valence-electron chi connectivity index (χ3n) is 3.21. The molecule has 0 aliphatic heterocycles. The van der Waals surface area contributed by atoms with Crippen LogP contribution in [0.4, 0.5) is 0 Å². The SMILES string of the molecule is Cc1cccc2cc(/C=C/C(=O)c3ccco3)c(Cl)nc12. The largest absolute Gasteiger partial charge is 0.461 e. The average molecular weight is 298 g/mol. The number of halogens is 1. The number of benzene rings is 1. The molecule has 3 nitrogen and oxygen atoms in total. The van der Waals surface area contributed by atoms with Crippen molar-refractivity contribution in [3.63, 3.8) is 0 Å². The van der Waals surface area contributed by atoms with E-state index in [4.69, 9.17) is 16.0 Å². The summed E-state index contributed by atoms with van der Waals surface area (Å²) in [6, 6.07) is 11.1. The van der Waals surface area contributed by atoms with Crippen LogP contribution in [-0.4, -0.2) is 10.8 Å². The van der Waals surface area contributed by atoms with Gasteiger partial charge in [-0.15, -0.1) is 0 Å². The lowest BCUT2D eigenvalue weighted by Crippen LogP contribution is -1.91. The van der Waals surface area contributed by atoms with Crippen molar-refractivity contribution in [3.05, 3.63) is 70.8 Å². The van der Waals surface area contributed by atoms with Crippen molar-refractivity contribution in [3.8, 4) is 0 Å². The topological polar surface area (TPSA) is 43.1 Å². The molecule has 0 fully saturated rings. The Morgan fingerprint density at radius 1 is 1.29 bits per heavy atom. The maximum atomic E-state index is 11.9. The lowest BCUT2D eigenvalue weighted by Gasteiger charge is -2.04. The van der Waals surface area contributed by atoms with Gasteiger partial charge in [-0.2, -0.15) is 0 Å². The Morgan fingerprint density at radius 2 is 2.14 bits per heavy atom. The monoisotopic (exact) mass is 297 g/mol. The van der Waals surface area contributed by atoms with E-state index in [2.05, 4.69) is 4.98 Å². The molecule has 1 aromatic carbocycles. The Kier molecular flexibility index (Phi) is 3.59. The van der Waals surface area contributed by atoms with Gasteiger partial charge in [0.25, 0.3) is 0 Å². The number of aromatic nitrogens is 1. The molecule has 0 atom stereocenters. The van der Waals surface area contributed by atoms with Crippen LogP contribution in [0, 0.1) is 6.92 Å². The summed E-state index contributed by atoms with van der Waals surface area (Å²) in [5, 5.41) is 1.37. The molecule has 0 N–H and O–H groups in total. The van der Waals surface area contributed by atoms with Crippen LogP contribution in [0.5, 0.6) is 0 Å². The van der Waals surface area contributed by atoms with Gasteiger partial charge in [-0.05, 0) is 42.8 Å². The molecule has 2 heterocycles. The first-order valence-electron chi connectivity index (χ1n) is 6.47. The van der Waals surface area contributed by atoms with Gasteiger partial charge in [0.2, 0.25) is 5.78 Å².